The van der Waals surface area contributed by atoms with Crippen LogP contribution in [0.2, 0.25) is 0 Å². The first-order valence-electron chi connectivity index (χ1n) is 7.81. The number of methoxy groups -OCH3 is 1. The molecule has 8 heteroatoms. The van der Waals surface area contributed by atoms with Gasteiger partial charge in [0.2, 0.25) is 11.8 Å². The van der Waals surface area contributed by atoms with Gasteiger partial charge in [0.15, 0.2) is 0 Å². The number of benzene rings is 2. The van der Waals surface area contributed by atoms with Gasteiger partial charge in [0.05, 0.1) is 13.0 Å². The lowest BCUT2D eigenvalue weighted by Gasteiger charge is -2.24. The monoisotopic (exact) mass is 357 g/mol. The molecule has 3 N–H and O–H groups in total. The standard InChI is InChI=1S/C18H16FN3O4/c1-26-12-5-2-10(3-6-12)17(24)21-22-18(25)14-9-16(23)20-15-8-11(19)4-7-13(14)15/h2-8,14H,9H2,1H3,(H,20,23)(H,21,24)(H,22,25). The molecule has 0 saturated heterocycles. The van der Waals surface area contributed by atoms with Gasteiger partial charge in [-0.3, -0.25) is 25.2 Å². The zero-order valence-corrected chi connectivity index (χ0v) is 13.8. The van der Waals surface area contributed by atoms with Crippen molar-refractivity contribution in [2.24, 2.45) is 0 Å². The average molecular weight is 357 g/mol. The Labute approximate surface area is 148 Å². The molecule has 2 aromatic rings. The van der Waals surface area contributed by atoms with Crippen LogP contribution in [-0.2, 0) is 9.59 Å². The van der Waals surface area contributed by atoms with Crippen molar-refractivity contribution in [3.63, 3.8) is 0 Å². The Morgan fingerprint density at radius 2 is 1.88 bits per heavy atom. The lowest BCUT2D eigenvalue weighted by atomic mass is 9.90. The maximum atomic E-state index is 13.3. The molecule has 2 aromatic carbocycles. The summed E-state index contributed by atoms with van der Waals surface area (Å²) < 4.78 is 18.3. The summed E-state index contributed by atoms with van der Waals surface area (Å²) in [5.41, 5.74) is 5.69. The molecule has 7 nitrogen and oxygen atoms in total. The second-order valence-corrected chi connectivity index (χ2v) is 5.71. The Hall–Kier alpha value is -3.42. The third-order valence-corrected chi connectivity index (χ3v) is 4.02. The number of hydrogen-bond donors (Lipinski definition) is 3. The molecule has 1 unspecified atom stereocenters. The highest BCUT2D eigenvalue weighted by molar-refractivity contribution is 6.02. The van der Waals surface area contributed by atoms with Crippen LogP contribution in [0.1, 0.15) is 28.3 Å². The van der Waals surface area contributed by atoms with Crippen LogP contribution in [0.5, 0.6) is 5.75 Å². The van der Waals surface area contributed by atoms with Gasteiger partial charge in [0.1, 0.15) is 11.6 Å². The van der Waals surface area contributed by atoms with E-state index in [1.54, 1.807) is 24.3 Å². The van der Waals surface area contributed by atoms with E-state index in [0.29, 0.717) is 16.9 Å². The van der Waals surface area contributed by atoms with E-state index < -0.39 is 29.5 Å². The van der Waals surface area contributed by atoms with Gasteiger partial charge in [-0.25, -0.2) is 4.39 Å². The number of nitrogens with one attached hydrogen (secondary N) is 3. The molecule has 0 fully saturated rings. The minimum atomic E-state index is -0.824. The average Bonchev–Trinajstić information content (AvgIpc) is 2.64. The van der Waals surface area contributed by atoms with E-state index in [4.69, 9.17) is 4.74 Å². The van der Waals surface area contributed by atoms with Crippen molar-refractivity contribution >= 4 is 23.4 Å². The molecule has 1 atom stereocenters. The largest absolute Gasteiger partial charge is 0.497 e. The van der Waals surface area contributed by atoms with Crippen molar-refractivity contribution in [3.05, 3.63) is 59.4 Å². The molecule has 0 saturated carbocycles. The third kappa shape index (κ3) is 3.64. The Morgan fingerprint density at radius 3 is 2.58 bits per heavy atom. The molecule has 1 aliphatic rings. The molecule has 0 aliphatic carbocycles. The Morgan fingerprint density at radius 1 is 1.15 bits per heavy atom. The predicted molar refractivity (Wildman–Crippen MR) is 91.0 cm³/mol. The predicted octanol–water partition coefficient (Wildman–Crippen LogP) is 1.72. The van der Waals surface area contributed by atoms with E-state index in [1.165, 1.54) is 19.2 Å². The Kier molecular flexibility index (Phi) is 4.83. The van der Waals surface area contributed by atoms with Crippen LogP contribution in [0.25, 0.3) is 0 Å². The first-order chi connectivity index (χ1) is 12.5. The van der Waals surface area contributed by atoms with Gasteiger partial charge in [-0.15, -0.1) is 0 Å². The molecule has 0 bridgehead atoms. The number of amides is 3. The van der Waals surface area contributed by atoms with Crippen LogP contribution < -0.4 is 20.9 Å². The SMILES string of the molecule is COc1ccc(C(=O)NNC(=O)C2CC(=O)Nc3cc(F)ccc32)cc1. The highest BCUT2D eigenvalue weighted by atomic mass is 19.1. The fraction of sp³-hybridized carbons (Fsp3) is 0.167. The summed E-state index contributed by atoms with van der Waals surface area (Å²) in [4.78, 5) is 36.3. The van der Waals surface area contributed by atoms with E-state index >= 15 is 0 Å². The topological polar surface area (TPSA) is 96.5 Å². The van der Waals surface area contributed by atoms with Gasteiger partial charge in [-0.2, -0.15) is 0 Å². The number of carbonyl (C=O) groups excluding carboxylic acids is 3. The highest BCUT2D eigenvalue weighted by Crippen LogP contribution is 2.32. The summed E-state index contributed by atoms with van der Waals surface area (Å²) in [5.74, 6) is -2.21. The molecule has 26 heavy (non-hydrogen) atoms. The normalized spacial score (nSPS) is 15.5. The molecule has 1 aliphatic heterocycles. The lowest BCUT2D eigenvalue weighted by molar-refractivity contribution is -0.126. The number of hydrazine groups is 1. The van der Waals surface area contributed by atoms with Gasteiger partial charge in [-0.1, -0.05) is 6.07 Å². The maximum absolute atomic E-state index is 13.3. The van der Waals surface area contributed by atoms with Crippen molar-refractivity contribution in [2.45, 2.75) is 12.3 Å². The van der Waals surface area contributed by atoms with Crippen LogP contribution >= 0.6 is 0 Å². The van der Waals surface area contributed by atoms with Crippen LogP contribution in [0.15, 0.2) is 42.5 Å². The lowest BCUT2D eigenvalue weighted by Crippen LogP contribution is -2.45. The summed E-state index contributed by atoms with van der Waals surface area (Å²) in [7, 11) is 1.51. The van der Waals surface area contributed by atoms with Crippen molar-refractivity contribution < 1.29 is 23.5 Å². The minimum absolute atomic E-state index is 0.0944. The van der Waals surface area contributed by atoms with Crippen molar-refractivity contribution in [1.82, 2.24) is 10.9 Å². The van der Waals surface area contributed by atoms with Gasteiger partial charge in [0.25, 0.3) is 5.91 Å². The summed E-state index contributed by atoms with van der Waals surface area (Å²) in [6.45, 7) is 0. The quantitative estimate of drug-likeness (QED) is 0.729. The zero-order valence-electron chi connectivity index (χ0n) is 13.8. The van der Waals surface area contributed by atoms with Crippen molar-refractivity contribution in [3.8, 4) is 5.75 Å². The number of ether oxygens (including phenoxy) is 1. The third-order valence-electron chi connectivity index (χ3n) is 4.02. The fourth-order valence-corrected chi connectivity index (χ4v) is 2.69. The second kappa shape index (κ2) is 7.22. The van der Waals surface area contributed by atoms with Crippen molar-refractivity contribution in [2.75, 3.05) is 12.4 Å². The fourth-order valence-electron chi connectivity index (χ4n) is 2.69. The summed E-state index contributed by atoms with van der Waals surface area (Å²) >= 11 is 0. The van der Waals surface area contributed by atoms with Crippen LogP contribution in [0, 0.1) is 5.82 Å². The summed E-state index contributed by atoms with van der Waals surface area (Å²) in [6.07, 6.45) is -0.0944. The van der Waals surface area contributed by atoms with Gasteiger partial charge in [0, 0.05) is 17.7 Å². The Bertz CT molecular complexity index is 867. The van der Waals surface area contributed by atoms with Gasteiger partial charge in [-0.05, 0) is 42.0 Å². The number of hydrogen-bond acceptors (Lipinski definition) is 4. The van der Waals surface area contributed by atoms with Crippen LogP contribution in [0.3, 0.4) is 0 Å². The zero-order chi connectivity index (χ0) is 18.7. The highest BCUT2D eigenvalue weighted by Gasteiger charge is 2.31. The summed E-state index contributed by atoms with van der Waals surface area (Å²) in [6, 6.07) is 10.1. The molecule has 0 radical (unpaired) electrons. The van der Waals surface area contributed by atoms with Gasteiger partial charge < -0.3 is 10.1 Å². The van der Waals surface area contributed by atoms with Crippen molar-refractivity contribution in [1.29, 1.82) is 0 Å². The maximum Gasteiger partial charge on any atom is 0.269 e. The second-order valence-electron chi connectivity index (χ2n) is 5.71. The van der Waals surface area contributed by atoms with Crippen LogP contribution in [-0.4, -0.2) is 24.8 Å². The molecule has 3 amide bonds. The molecule has 0 aromatic heterocycles. The minimum Gasteiger partial charge on any atom is -0.497 e. The molecular weight excluding hydrogens is 341 g/mol. The first-order valence-corrected chi connectivity index (χ1v) is 7.81. The first kappa shape index (κ1) is 17.4. The molecule has 1 heterocycles. The number of anilines is 1. The van der Waals surface area contributed by atoms with E-state index in [1.807, 2.05) is 0 Å². The summed E-state index contributed by atoms with van der Waals surface area (Å²) in [5, 5.41) is 2.53. The van der Waals surface area contributed by atoms with E-state index in [2.05, 4.69) is 16.2 Å². The van der Waals surface area contributed by atoms with E-state index in [-0.39, 0.29) is 12.1 Å². The number of carbonyl (C=O) groups is 3. The molecule has 3 rings (SSSR count). The smallest absolute Gasteiger partial charge is 0.269 e. The molecule has 134 valence electrons. The Balaban J connectivity index is 1.68. The number of halogens is 1. The number of fused-ring (bicyclic) bond motifs is 1. The number of rotatable bonds is 3. The van der Waals surface area contributed by atoms with Crippen LogP contribution in [0.4, 0.5) is 10.1 Å². The molecular formula is C18H16FN3O4. The van der Waals surface area contributed by atoms with Gasteiger partial charge >= 0.3 is 0 Å². The molecule has 0 spiro atoms. The van der Waals surface area contributed by atoms with E-state index in [0.717, 1.165) is 6.07 Å². The van der Waals surface area contributed by atoms with E-state index in [9.17, 15) is 18.8 Å².